The molecule has 0 heterocycles. The molecular formula is C52H38N2O. The average molecular weight is 707 g/mol. The lowest BCUT2D eigenvalue weighted by Gasteiger charge is -2.26. The van der Waals surface area contributed by atoms with Crippen LogP contribution in [0.3, 0.4) is 0 Å². The summed E-state index contributed by atoms with van der Waals surface area (Å²) in [7, 11) is 0. The van der Waals surface area contributed by atoms with Crippen molar-refractivity contribution in [3.05, 3.63) is 212 Å². The van der Waals surface area contributed by atoms with Gasteiger partial charge in [0.2, 0.25) is 0 Å². The molecule has 3 heteroatoms. The van der Waals surface area contributed by atoms with Crippen molar-refractivity contribution in [1.82, 2.24) is 0 Å². The lowest BCUT2D eigenvalue weighted by atomic mass is 9.97. The first-order valence-electron chi connectivity index (χ1n) is 18.6. The van der Waals surface area contributed by atoms with Crippen LogP contribution >= 0.6 is 0 Å². The molecule has 0 aliphatic rings. The predicted octanol–water partition coefficient (Wildman–Crippen LogP) is 14.4. The number of nitrogens with zero attached hydrogens (tertiary/aromatic N) is 2. The molecule has 0 fully saturated rings. The van der Waals surface area contributed by atoms with Gasteiger partial charge in [-0.3, -0.25) is 4.99 Å². The second-order valence-electron chi connectivity index (χ2n) is 13.7. The summed E-state index contributed by atoms with van der Waals surface area (Å²) in [5.41, 5.74) is 12.1. The van der Waals surface area contributed by atoms with Crippen LogP contribution in [0, 0.1) is 0 Å². The molecule has 0 spiro atoms. The molecule has 3 nitrogen and oxygen atoms in total. The van der Waals surface area contributed by atoms with E-state index in [4.69, 9.17) is 4.74 Å². The van der Waals surface area contributed by atoms with E-state index < -0.39 is 0 Å². The molecule has 0 radical (unpaired) electrons. The van der Waals surface area contributed by atoms with Gasteiger partial charge in [0, 0.05) is 22.4 Å². The number of hydrogen-bond donors (Lipinski definition) is 0. The third-order valence-electron chi connectivity index (χ3n) is 10.2. The third-order valence-corrected chi connectivity index (χ3v) is 10.2. The van der Waals surface area contributed by atoms with Crippen molar-refractivity contribution >= 4 is 51.0 Å². The van der Waals surface area contributed by atoms with Crippen LogP contribution in [-0.4, -0.2) is 6.72 Å². The number of aliphatic imine (C=N–C) groups is 1. The van der Waals surface area contributed by atoms with Crippen LogP contribution in [-0.2, 0) is 6.61 Å². The van der Waals surface area contributed by atoms with Gasteiger partial charge in [-0.1, -0.05) is 152 Å². The molecule has 9 aromatic rings. The molecule has 0 saturated heterocycles. The molecule has 0 aliphatic carbocycles. The Labute approximate surface area is 322 Å². The van der Waals surface area contributed by atoms with Gasteiger partial charge in [0.25, 0.3) is 0 Å². The lowest BCUT2D eigenvalue weighted by molar-refractivity contribution is 0.311. The maximum atomic E-state index is 6.42. The van der Waals surface area contributed by atoms with E-state index in [9.17, 15) is 0 Å². The minimum atomic E-state index is 0.454. The summed E-state index contributed by atoms with van der Waals surface area (Å²) in [5, 5.41) is 4.44. The molecule has 9 aromatic carbocycles. The Bertz CT molecular complexity index is 2760. The van der Waals surface area contributed by atoms with Crippen LogP contribution < -0.4 is 9.64 Å². The molecule has 0 saturated carbocycles. The number of anilines is 3. The van der Waals surface area contributed by atoms with E-state index in [0.717, 1.165) is 61.3 Å². The third kappa shape index (κ3) is 6.99. The number of hydrogen-bond acceptors (Lipinski definition) is 3. The molecule has 0 aromatic heterocycles. The normalized spacial score (nSPS) is 11.1. The first-order chi connectivity index (χ1) is 27.2. The van der Waals surface area contributed by atoms with E-state index in [1.807, 2.05) is 24.3 Å². The van der Waals surface area contributed by atoms with Crippen molar-refractivity contribution in [1.29, 1.82) is 0 Å². The summed E-state index contributed by atoms with van der Waals surface area (Å²) in [6.07, 6.45) is 0. The highest BCUT2D eigenvalue weighted by Crippen LogP contribution is 2.41. The summed E-state index contributed by atoms with van der Waals surface area (Å²) >= 11 is 0. The van der Waals surface area contributed by atoms with Crippen molar-refractivity contribution in [3.63, 3.8) is 0 Å². The fourth-order valence-corrected chi connectivity index (χ4v) is 7.35. The van der Waals surface area contributed by atoms with Gasteiger partial charge < -0.3 is 9.64 Å². The Kier molecular flexibility index (Phi) is 9.17. The Balaban J connectivity index is 1.09. The molecular weight excluding hydrogens is 669 g/mol. The van der Waals surface area contributed by atoms with Gasteiger partial charge >= 0.3 is 0 Å². The second kappa shape index (κ2) is 15.0. The van der Waals surface area contributed by atoms with Crippen LogP contribution in [0.25, 0.3) is 54.9 Å². The van der Waals surface area contributed by atoms with Gasteiger partial charge in [-0.05, 0) is 116 Å². The molecule has 0 unspecified atom stereocenters. The zero-order valence-corrected chi connectivity index (χ0v) is 30.3. The van der Waals surface area contributed by atoms with Gasteiger partial charge in [0.15, 0.2) is 5.75 Å². The van der Waals surface area contributed by atoms with Crippen LogP contribution in [0.5, 0.6) is 5.75 Å². The van der Waals surface area contributed by atoms with Gasteiger partial charge in [-0.2, -0.15) is 0 Å². The van der Waals surface area contributed by atoms with Crippen LogP contribution in [0.4, 0.5) is 22.7 Å². The largest absolute Gasteiger partial charge is 0.486 e. The highest BCUT2D eigenvalue weighted by atomic mass is 16.5. The van der Waals surface area contributed by atoms with E-state index in [2.05, 4.69) is 199 Å². The maximum Gasteiger partial charge on any atom is 0.153 e. The monoisotopic (exact) mass is 706 g/mol. The zero-order valence-electron chi connectivity index (χ0n) is 30.3. The summed E-state index contributed by atoms with van der Waals surface area (Å²) in [6, 6.07) is 73.0. The Morgan fingerprint density at radius 1 is 0.400 bits per heavy atom. The SMILES string of the molecule is C=Nc1ccc2ccc(-c3ccc4cc(N(c5ccc(-c6ccccc6)cc5)c5cccc(-c6ccccc6)c5)ccc4c3)cc2c1OCc1ccccc1. The van der Waals surface area contributed by atoms with Gasteiger partial charge in [0.1, 0.15) is 12.3 Å². The standard InChI is InChI=1S/C52H38N2O/c1-53-51-31-27-41-20-21-46(35-50(41)52(51)55-36-37-12-5-2-6-13-37)43-22-23-45-34-49(30-26-44(45)32-43)54(47-28-24-40(25-29-47)38-14-7-3-8-15-38)48-19-11-18-42(33-48)39-16-9-4-10-17-39/h2-35H,1,36H2. The number of rotatable bonds is 10. The summed E-state index contributed by atoms with van der Waals surface area (Å²) in [4.78, 5) is 6.65. The lowest BCUT2D eigenvalue weighted by Crippen LogP contribution is -2.10. The van der Waals surface area contributed by atoms with Crippen LogP contribution in [0.15, 0.2) is 211 Å². The van der Waals surface area contributed by atoms with E-state index >= 15 is 0 Å². The van der Waals surface area contributed by atoms with Crippen LogP contribution in [0.1, 0.15) is 5.56 Å². The Morgan fingerprint density at radius 2 is 0.909 bits per heavy atom. The Morgan fingerprint density at radius 3 is 1.64 bits per heavy atom. The highest BCUT2D eigenvalue weighted by Gasteiger charge is 2.16. The smallest absolute Gasteiger partial charge is 0.153 e. The molecule has 0 amide bonds. The first kappa shape index (κ1) is 33.6. The van der Waals surface area contributed by atoms with E-state index in [0.29, 0.717) is 6.61 Å². The molecule has 0 N–H and O–H groups in total. The molecule has 9 rings (SSSR count). The molecule has 0 bridgehead atoms. The number of benzene rings is 9. The zero-order chi connectivity index (χ0) is 37.0. The highest BCUT2D eigenvalue weighted by molar-refractivity contribution is 5.98. The summed E-state index contributed by atoms with van der Waals surface area (Å²) in [6.45, 7) is 4.28. The molecule has 262 valence electrons. The van der Waals surface area contributed by atoms with E-state index in [1.165, 1.54) is 27.6 Å². The van der Waals surface area contributed by atoms with Crippen molar-refractivity contribution in [2.75, 3.05) is 4.90 Å². The van der Waals surface area contributed by atoms with Crippen molar-refractivity contribution in [2.45, 2.75) is 6.61 Å². The van der Waals surface area contributed by atoms with Crippen molar-refractivity contribution < 1.29 is 4.74 Å². The number of ether oxygens (including phenoxy) is 1. The first-order valence-corrected chi connectivity index (χ1v) is 18.6. The minimum absolute atomic E-state index is 0.454. The van der Waals surface area contributed by atoms with E-state index in [-0.39, 0.29) is 0 Å². The average Bonchev–Trinajstić information content (AvgIpc) is 3.26. The Hall–Kier alpha value is -7.23. The maximum absolute atomic E-state index is 6.42. The van der Waals surface area contributed by atoms with Crippen molar-refractivity contribution in [3.8, 4) is 39.1 Å². The number of fused-ring (bicyclic) bond motifs is 2. The summed E-state index contributed by atoms with van der Waals surface area (Å²) < 4.78 is 6.42. The van der Waals surface area contributed by atoms with Crippen LogP contribution in [0.2, 0.25) is 0 Å². The van der Waals surface area contributed by atoms with Gasteiger partial charge in [-0.25, -0.2) is 0 Å². The summed E-state index contributed by atoms with van der Waals surface area (Å²) in [5.74, 6) is 0.747. The minimum Gasteiger partial charge on any atom is -0.486 e. The second-order valence-corrected chi connectivity index (χ2v) is 13.7. The fraction of sp³-hybridized carbons (Fsp3) is 0.0192. The van der Waals surface area contributed by atoms with Crippen molar-refractivity contribution in [2.24, 2.45) is 4.99 Å². The molecule has 0 aliphatic heterocycles. The van der Waals surface area contributed by atoms with Gasteiger partial charge in [0.05, 0.1) is 0 Å². The fourth-order valence-electron chi connectivity index (χ4n) is 7.35. The molecule has 55 heavy (non-hydrogen) atoms. The quantitative estimate of drug-likeness (QED) is 0.132. The van der Waals surface area contributed by atoms with E-state index in [1.54, 1.807) is 0 Å². The molecule has 0 atom stereocenters. The van der Waals surface area contributed by atoms with Gasteiger partial charge in [-0.15, -0.1) is 0 Å². The topological polar surface area (TPSA) is 24.8 Å². The predicted molar refractivity (Wildman–Crippen MR) is 232 cm³/mol.